The van der Waals surface area contributed by atoms with Crippen LogP contribution in [-0.4, -0.2) is 41.6 Å². The Bertz CT molecular complexity index is 749. The van der Waals surface area contributed by atoms with E-state index in [4.69, 9.17) is 16.1 Å². The van der Waals surface area contributed by atoms with Crippen molar-refractivity contribution < 1.29 is 13.7 Å². The van der Waals surface area contributed by atoms with E-state index in [0.717, 1.165) is 32.5 Å². The van der Waals surface area contributed by atoms with Crippen LogP contribution in [0, 0.1) is 12.7 Å². The molecule has 134 valence electrons. The van der Waals surface area contributed by atoms with Crippen molar-refractivity contribution in [1.29, 1.82) is 0 Å². The van der Waals surface area contributed by atoms with E-state index in [1.54, 1.807) is 13.0 Å². The zero-order valence-corrected chi connectivity index (χ0v) is 15.1. The summed E-state index contributed by atoms with van der Waals surface area (Å²) >= 11 is 6.11. The number of amides is 1. The van der Waals surface area contributed by atoms with Gasteiger partial charge in [-0.25, -0.2) is 4.39 Å². The third-order valence-electron chi connectivity index (χ3n) is 4.66. The lowest BCUT2D eigenvalue weighted by Crippen LogP contribution is -2.44. The molecule has 1 aliphatic rings. The monoisotopic (exact) mass is 365 g/mol. The molecule has 0 bridgehead atoms. The Morgan fingerprint density at radius 2 is 2.16 bits per heavy atom. The van der Waals surface area contributed by atoms with Crippen LogP contribution in [0.1, 0.15) is 35.9 Å². The lowest BCUT2D eigenvalue weighted by molar-refractivity contribution is 0.0911. The summed E-state index contributed by atoms with van der Waals surface area (Å²) in [5.41, 5.74) is 0.473. The number of carbonyl (C=O) groups is 1. The number of likely N-dealkylation sites (tertiary alicyclic amines) is 1. The summed E-state index contributed by atoms with van der Waals surface area (Å²) in [5, 5.41) is 7.10. The molecule has 0 spiro atoms. The van der Waals surface area contributed by atoms with Gasteiger partial charge in [-0.3, -0.25) is 4.79 Å². The second kappa shape index (κ2) is 7.54. The molecule has 1 N–H and O–H groups in total. The fraction of sp³-hybridized carbons (Fsp3) is 0.444. The van der Waals surface area contributed by atoms with Crippen molar-refractivity contribution >= 4 is 17.5 Å². The molecule has 3 rings (SSSR count). The van der Waals surface area contributed by atoms with E-state index in [1.165, 1.54) is 12.1 Å². The normalized spacial score (nSPS) is 16.2. The van der Waals surface area contributed by atoms with Gasteiger partial charge in [-0.15, -0.1) is 0 Å². The molecular formula is C18H21ClFN3O2. The van der Waals surface area contributed by atoms with E-state index in [2.05, 4.69) is 22.3 Å². The van der Waals surface area contributed by atoms with E-state index in [9.17, 15) is 9.18 Å². The van der Waals surface area contributed by atoms with Crippen molar-refractivity contribution in [3.05, 3.63) is 40.4 Å². The molecule has 0 atom stereocenters. The van der Waals surface area contributed by atoms with E-state index in [1.807, 2.05) is 0 Å². The molecule has 1 aromatic carbocycles. The van der Waals surface area contributed by atoms with Crippen molar-refractivity contribution in [2.45, 2.75) is 32.7 Å². The number of aromatic nitrogens is 1. The Hall–Kier alpha value is -1.92. The highest BCUT2D eigenvalue weighted by molar-refractivity contribution is 6.33. The molecule has 0 aliphatic carbocycles. The maximum absolute atomic E-state index is 14.2. The maximum Gasteiger partial charge on any atom is 0.257 e. The van der Waals surface area contributed by atoms with Crippen LogP contribution in [0.15, 0.2) is 22.7 Å². The van der Waals surface area contributed by atoms with Gasteiger partial charge in [0.1, 0.15) is 22.8 Å². The minimum absolute atomic E-state index is 0.0898. The number of benzene rings is 1. The van der Waals surface area contributed by atoms with Crippen LogP contribution in [0.5, 0.6) is 0 Å². The summed E-state index contributed by atoms with van der Waals surface area (Å²) in [7, 11) is 0. The molecule has 1 aromatic heterocycles. The third-order valence-corrected chi connectivity index (χ3v) is 4.97. The van der Waals surface area contributed by atoms with Gasteiger partial charge in [0, 0.05) is 19.1 Å². The Balaban J connectivity index is 1.83. The number of carbonyl (C=O) groups excluding carboxylic acids is 1. The largest absolute Gasteiger partial charge is 0.360 e. The zero-order valence-electron chi connectivity index (χ0n) is 14.3. The van der Waals surface area contributed by atoms with Crippen LogP contribution in [0.4, 0.5) is 4.39 Å². The Labute approximate surface area is 151 Å². The van der Waals surface area contributed by atoms with E-state index >= 15 is 0 Å². The van der Waals surface area contributed by atoms with Crippen molar-refractivity contribution in [1.82, 2.24) is 15.4 Å². The first kappa shape index (κ1) is 17.9. The molecule has 0 saturated carbocycles. The van der Waals surface area contributed by atoms with Gasteiger partial charge in [-0.1, -0.05) is 29.7 Å². The number of nitrogens with one attached hydrogen (secondary N) is 1. The van der Waals surface area contributed by atoms with E-state index < -0.39 is 5.82 Å². The van der Waals surface area contributed by atoms with Gasteiger partial charge in [-0.2, -0.15) is 0 Å². The Morgan fingerprint density at radius 3 is 2.80 bits per heavy atom. The second-order valence-electron chi connectivity index (χ2n) is 6.24. The van der Waals surface area contributed by atoms with Crippen molar-refractivity contribution in [3.63, 3.8) is 0 Å². The number of rotatable bonds is 4. The van der Waals surface area contributed by atoms with Crippen LogP contribution >= 0.6 is 11.6 Å². The Morgan fingerprint density at radius 1 is 1.44 bits per heavy atom. The summed E-state index contributed by atoms with van der Waals surface area (Å²) in [5.74, 6) is -0.494. The topological polar surface area (TPSA) is 58.4 Å². The van der Waals surface area contributed by atoms with Gasteiger partial charge in [0.05, 0.1) is 10.6 Å². The molecule has 0 unspecified atom stereocenters. The number of hydrogen-bond donors (Lipinski definition) is 1. The molecule has 1 saturated heterocycles. The van der Waals surface area contributed by atoms with Gasteiger partial charge in [0.15, 0.2) is 0 Å². The number of nitrogens with zero attached hydrogens (tertiary/aromatic N) is 2. The molecule has 2 heterocycles. The van der Waals surface area contributed by atoms with Crippen LogP contribution in [0.25, 0.3) is 11.3 Å². The van der Waals surface area contributed by atoms with Crippen LogP contribution in [0.3, 0.4) is 0 Å². The van der Waals surface area contributed by atoms with Gasteiger partial charge < -0.3 is 14.7 Å². The lowest BCUT2D eigenvalue weighted by atomic mass is 10.0. The molecule has 25 heavy (non-hydrogen) atoms. The maximum atomic E-state index is 14.2. The molecule has 2 aromatic rings. The van der Waals surface area contributed by atoms with E-state index in [0.29, 0.717) is 5.76 Å². The molecule has 7 heteroatoms. The first-order valence-corrected chi connectivity index (χ1v) is 8.83. The first-order valence-electron chi connectivity index (χ1n) is 8.45. The fourth-order valence-corrected chi connectivity index (χ4v) is 3.44. The molecule has 5 nitrogen and oxygen atoms in total. The molecule has 1 amide bonds. The summed E-state index contributed by atoms with van der Waals surface area (Å²) in [4.78, 5) is 15.1. The summed E-state index contributed by atoms with van der Waals surface area (Å²) in [6, 6.07) is 4.45. The van der Waals surface area contributed by atoms with Crippen LogP contribution in [0.2, 0.25) is 5.02 Å². The number of piperidine rings is 1. The zero-order chi connectivity index (χ0) is 18.0. The summed E-state index contributed by atoms with van der Waals surface area (Å²) < 4.78 is 19.4. The van der Waals surface area contributed by atoms with Crippen LogP contribution < -0.4 is 5.32 Å². The average Bonchev–Trinajstić information content (AvgIpc) is 2.97. The van der Waals surface area contributed by atoms with Gasteiger partial charge in [0.25, 0.3) is 5.91 Å². The quantitative estimate of drug-likeness (QED) is 0.898. The highest BCUT2D eigenvalue weighted by atomic mass is 35.5. The number of hydrogen-bond acceptors (Lipinski definition) is 4. The standard InChI is InChI=1S/C18H21ClFN3O2/c1-3-23-9-7-12(8-10-23)21-18(24)15-11(2)25-22-17(15)16-13(19)5-4-6-14(16)20/h4-6,12H,3,7-10H2,1-2H3,(H,21,24). The SMILES string of the molecule is CCN1CCC(NC(=O)c2c(-c3c(F)cccc3Cl)noc2C)CC1. The summed E-state index contributed by atoms with van der Waals surface area (Å²) in [6.45, 7) is 6.69. The number of aryl methyl sites for hydroxylation is 1. The lowest BCUT2D eigenvalue weighted by Gasteiger charge is -2.31. The highest BCUT2D eigenvalue weighted by Crippen LogP contribution is 2.33. The van der Waals surface area contributed by atoms with Crippen molar-refractivity contribution in [3.8, 4) is 11.3 Å². The first-order chi connectivity index (χ1) is 12.0. The molecule has 1 aliphatic heterocycles. The Kier molecular flexibility index (Phi) is 5.39. The predicted molar refractivity (Wildman–Crippen MR) is 94.2 cm³/mol. The van der Waals surface area contributed by atoms with Gasteiger partial charge in [-0.05, 0) is 38.4 Å². The van der Waals surface area contributed by atoms with Crippen molar-refractivity contribution in [2.24, 2.45) is 0 Å². The summed E-state index contributed by atoms with van der Waals surface area (Å²) in [6.07, 6.45) is 1.78. The predicted octanol–water partition coefficient (Wildman–Crippen LogP) is 3.66. The minimum Gasteiger partial charge on any atom is -0.360 e. The average molecular weight is 366 g/mol. The van der Waals surface area contributed by atoms with Gasteiger partial charge >= 0.3 is 0 Å². The smallest absolute Gasteiger partial charge is 0.257 e. The molecule has 0 radical (unpaired) electrons. The second-order valence-corrected chi connectivity index (χ2v) is 6.65. The van der Waals surface area contributed by atoms with Crippen molar-refractivity contribution in [2.75, 3.05) is 19.6 Å². The molecule has 1 fully saturated rings. The van der Waals surface area contributed by atoms with Crippen LogP contribution in [-0.2, 0) is 0 Å². The highest BCUT2D eigenvalue weighted by Gasteiger charge is 2.27. The van der Waals surface area contributed by atoms with E-state index in [-0.39, 0.29) is 33.8 Å². The number of halogens is 2. The third kappa shape index (κ3) is 3.70. The van der Waals surface area contributed by atoms with Gasteiger partial charge in [0.2, 0.25) is 0 Å². The minimum atomic E-state index is -0.536. The molecular weight excluding hydrogens is 345 g/mol. The fourth-order valence-electron chi connectivity index (χ4n) is 3.19.